The summed E-state index contributed by atoms with van der Waals surface area (Å²) in [6.07, 6.45) is 6.87. The molecule has 1 aliphatic heterocycles. The van der Waals surface area contributed by atoms with Gasteiger partial charge in [-0.1, -0.05) is 12.8 Å². The third-order valence-corrected chi connectivity index (χ3v) is 2.78. The molecule has 0 radical (unpaired) electrons. The SMILES string of the molecule is COC(=O)CCCN1CCCCCC1.Cl. The summed E-state index contributed by atoms with van der Waals surface area (Å²) < 4.78 is 4.61. The van der Waals surface area contributed by atoms with Crippen molar-refractivity contribution in [1.29, 1.82) is 0 Å². The van der Waals surface area contributed by atoms with Crippen molar-refractivity contribution in [3.63, 3.8) is 0 Å². The molecule has 0 spiro atoms. The molecule has 1 fully saturated rings. The van der Waals surface area contributed by atoms with Crippen LogP contribution in [0.25, 0.3) is 0 Å². The van der Waals surface area contributed by atoms with E-state index in [1.54, 1.807) is 0 Å². The highest BCUT2D eigenvalue weighted by molar-refractivity contribution is 5.85. The fourth-order valence-electron chi connectivity index (χ4n) is 1.91. The third-order valence-electron chi connectivity index (χ3n) is 2.78. The summed E-state index contributed by atoms with van der Waals surface area (Å²) in [6, 6.07) is 0. The van der Waals surface area contributed by atoms with Gasteiger partial charge in [0.15, 0.2) is 0 Å². The summed E-state index contributed by atoms with van der Waals surface area (Å²) in [5.74, 6) is -0.0835. The summed E-state index contributed by atoms with van der Waals surface area (Å²) in [6.45, 7) is 3.47. The molecule has 0 atom stereocenters. The van der Waals surface area contributed by atoms with Crippen molar-refractivity contribution >= 4 is 18.4 Å². The van der Waals surface area contributed by atoms with Gasteiger partial charge in [0.2, 0.25) is 0 Å². The van der Waals surface area contributed by atoms with Crippen LogP contribution in [-0.2, 0) is 9.53 Å². The van der Waals surface area contributed by atoms with Gasteiger partial charge in [0.1, 0.15) is 0 Å². The normalized spacial score (nSPS) is 17.7. The first-order chi connectivity index (χ1) is 6.83. The second-order valence-electron chi connectivity index (χ2n) is 3.94. The average molecular weight is 236 g/mol. The zero-order valence-corrected chi connectivity index (χ0v) is 10.4. The molecule has 4 heteroatoms. The van der Waals surface area contributed by atoms with Crippen LogP contribution in [-0.4, -0.2) is 37.6 Å². The van der Waals surface area contributed by atoms with Gasteiger partial charge in [-0.05, 0) is 38.9 Å². The molecule has 0 unspecified atom stereocenters. The van der Waals surface area contributed by atoms with Crippen molar-refractivity contribution in [2.45, 2.75) is 38.5 Å². The highest BCUT2D eigenvalue weighted by Crippen LogP contribution is 2.10. The Morgan fingerprint density at radius 2 is 1.80 bits per heavy atom. The van der Waals surface area contributed by atoms with E-state index in [0.29, 0.717) is 6.42 Å². The highest BCUT2D eigenvalue weighted by atomic mass is 35.5. The maximum atomic E-state index is 10.9. The lowest BCUT2D eigenvalue weighted by Crippen LogP contribution is -2.26. The zero-order valence-electron chi connectivity index (χ0n) is 9.54. The Kier molecular flexibility index (Phi) is 8.82. The van der Waals surface area contributed by atoms with Gasteiger partial charge in [0.05, 0.1) is 7.11 Å². The lowest BCUT2D eigenvalue weighted by molar-refractivity contribution is -0.140. The molecular weight excluding hydrogens is 214 g/mol. The Balaban J connectivity index is 0.00000196. The number of nitrogens with zero attached hydrogens (tertiary/aromatic N) is 1. The van der Waals surface area contributed by atoms with Crippen LogP contribution in [0.4, 0.5) is 0 Å². The van der Waals surface area contributed by atoms with Crippen molar-refractivity contribution in [1.82, 2.24) is 4.90 Å². The van der Waals surface area contributed by atoms with Crippen LogP contribution in [0.1, 0.15) is 38.5 Å². The molecule has 3 nitrogen and oxygen atoms in total. The number of ether oxygens (including phenoxy) is 1. The fraction of sp³-hybridized carbons (Fsp3) is 0.909. The van der Waals surface area contributed by atoms with Crippen LogP contribution in [0.15, 0.2) is 0 Å². The Morgan fingerprint density at radius 3 is 2.33 bits per heavy atom. The minimum absolute atomic E-state index is 0. The van der Waals surface area contributed by atoms with Gasteiger partial charge in [-0.2, -0.15) is 0 Å². The second kappa shape index (κ2) is 8.98. The van der Waals surface area contributed by atoms with Gasteiger partial charge in [0, 0.05) is 6.42 Å². The summed E-state index contributed by atoms with van der Waals surface area (Å²) in [5, 5.41) is 0. The fourth-order valence-corrected chi connectivity index (χ4v) is 1.91. The quantitative estimate of drug-likeness (QED) is 0.700. The first-order valence-corrected chi connectivity index (χ1v) is 5.62. The van der Waals surface area contributed by atoms with E-state index in [-0.39, 0.29) is 18.4 Å². The van der Waals surface area contributed by atoms with Gasteiger partial charge < -0.3 is 9.64 Å². The molecule has 0 aromatic heterocycles. The topological polar surface area (TPSA) is 29.5 Å². The zero-order chi connectivity index (χ0) is 10.2. The largest absolute Gasteiger partial charge is 0.469 e. The molecule has 15 heavy (non-hydrogen) atoms. The smallest absolute Gasteiger partial charge is 0.305 e. The number of esters is 1. The monoisotopic (exact) mass is 235 g/mol. The number of hydrogen-bond donors (Lipinski definition) is 0. The van der Waals surface area contributed by atoms with E-state index in [2.05, 4.69) is 9.64 Å². The van der Waals surface area contributed by atoms with Gasteiger partial charge in [-0.3, -0.25) is 4.79 Å². The van der Waals surface area contributed by atoms with Crippen molar-refractivity contribution in [2.24, 2.45) is 0 Å². The Labute approximate surface area is 98.6 Å². The minimum Gasteiger partial charge on any atom is -0.469 e. The van der Waals surface area contributed by atoms with E-state index in [1.807, 2.05) is 0 Å². The lowest BCUT2D eigenvalue weighted by atomic mass is 10.2. The molecule has 1 heterocycles. The van der Waals surface area contributed by atoms with E-state index >= 15 is 0 Å². The molecule has 0 amide bonds. The molecule has 0 saturated carbocycles. The van der Waals surface area contributed by atoms with E-state index in [9.17, 15) is 4.79 Å². The maximum absolute atomic E-state index is 10.9. The Hall–Kier alpha value is -0.280. The molecule has 90 valence electrons. The molecule has 0 aromatic carbocycles. The predicted molar refractivity (Wildman–Crippen MR) is 63.4 cm³/mol. The maximum Gasteiger partial charge on any atom is 0.305 e. The first-order valence-electron chi connectivity index (χ1n) is 5.62. The van der Waals surface area contributed by atoms with Gasteiger partial charge in [-0.25, -0.2) is 0 Å². The molecule has 0 aliphatic carbocycles. The number of methoxy groups -OCH3 is 1. The van der Waals surface area contributed by atoms with Crippen LogP contribution in [0, 0.1) is 0 Å². The molecular formula is C11H22ClNO2. The number of likely N-dealkylation sites (tertiary alicyclic amines) is 1. The molecule has 0 N–H and O–H groups in total. The van der Waals surface area contributed by atoms with E-state index in [4.69, 9.17) is 0 Å². The number of hydrogen-bond acceptors (Lipinski definition) is 3. The Morgan fingerprint density at radius 1 is 1.20 bits per heavy atom. The van der Waals surface area contributed by atoms with Crippen molar-refractivity contribution < 1.29 is 9.53 Å². The van der Waals surface area contributed by atoms with Crippen molar-refractivity contribution in [3.8, 4) is 0 Å². The minimum atomic E-state index is -0.0835. The summed E-state index contributed by atoms with van der Waals surface area (Å²) in [5.41, 5.74) is 0. The number of rotatable bonds is 4. The van der Waals surface area contributed by atoms with Crippen LogP contribution in [0.5, 0.6) is 0 Å². The van der Waals surface area contributed by atoms with Crippen LogP contribution < -0.4 is 0 Å². The predicted octanol–water partition coefficient (Wildman–Crippen LogP) is 2.24. The molecule has 0 bridgehead atoms. The molecule has 0 aromatic rings. The van der Waals surface area contributed by atoms with Crippen LogP contribution in [0.2, 0.25) is 0 Å². The van der Waals surface area contributed by atoms with Gasteiger partial charge in [-0.15, -0.1) is 12.4 Å². The van der Waals surface area contributed by atoms with Crippen molar-refractivity contribution in [2.75, 3.05) is 26.7 Å². The van der Waals surface area contributed by atoms with Gasteiger partial charge in [0.25, 0.3) is 0 Å². The van der Waals surface area contributed by atoms with E-state index in [1.165, 1.54) is 45.9 Å². The van der Waals surface area contributed by atoms with Gasteiger partial charge >= 0.3 is 5.97 Å². The molecule has 1 rings (SSSR count). The second-order valence-corrected chi connectivity index (χ2v) is 3.94. The Bertz CT molecular complexity index is 168. The average Bonchev–Trinajstić information content (AvgIpc) is 2.46. The number of carbonyl (C=O) groups excluding carboxylic acids is 1. The summed E-state index contributed by atoms with van der Waals surface area (Å²) in [4.78, 5) is 13.3. The summed E-state index contributed by atoms with van der Waals surface area (Å²) >= 11 is 0. The van der Waals surface area contributed by atoms with E-state index < -0.39 is 0 Å². The highest BCUT2D eigenvalue weighted by Gasteiger charge is 2.09. The summed E-state index contributed by atoms with van der Waals surface area (Å²) in [7, 11) is 1.45. The van der Waals surface area contributed by atoms with Crippen molar-refractivity contribution in [3.05, 3.63) is 0 Å². The van der Waals surface area contributed by atoms with Crippen LogP contribution >= 0.6 is 12.4 Å². The first kappa shape index (κ1) is 14.7. The van der Waals surface area contributed by atoms with Crippen LogP contribution in [0.3, 0.4) is 0 Å². The van der Waals surface area contributed by atoms with E-state index in [0.717, 1.165) is 13.0 Å². The lowest BCUT2D eigenvalue weighted by Gasteiger charge is -2.18. The third kappa shape index (κ3) is 6.74. The molecule has 1 aliphatic rings. The number of carbonyl (C=O) groups is 1. The standard InChI is InChI=1S/C11H21NO2.ClH/c1-14-11(13)7-6-10-12-8-4-2-3-5-9-12;/h2-10H2,1H3;1H. The molecule has 1 saturated heterocycles. The number of halogens is 1.